The third-order valence-corrected chi connectivity index (χ3v) is 5.38. The summed E-state index contributed by atoms with van der Waals surface area (Å²) in [6.45, 7) is 2.50. The van der Waals surface area contributed by atoms with Crippen molar-refractivity contribution in [2.45, 2.75) is 29.8 Å². The minimum Gasteiger partial charge on any atom is -1.00 e. The maximum atomic E-state index is 3.22. The molecule has 0 aromatic rings. The molecule has 0 atom stereocenters. The molecule has 2 heterocycles. The molecule has 0 unspecified atom stereocenters. The summed E-state index contributed by atoms with van der Waals surface area (Å²) in [5.74, 6) is 0. The van der Waals surface area contributed by atoms with Crippen molar-refractivity contribution in [3.8, 4) is 0 Å². The van der Waals surface area contributed by atoms with Gasteiger partial charge >= 0.3 is 53.8 Å². The topological polar surface area (TPSA) is 12.0 Å². The average molecular weight is 287 g/mol. The van der Waals surface area contributed by atoms with Crippen molar-refractivity contribution in [3.63, 3.8) is 0 Å². The van der Waals surface area contributed by atoms with Crippen molar-refractivity contribution in [2.24, 2.45) is 0 Å². The zero-order valence-corrected chi connectivity index (χ0v) is 11.6. The summed E-state index contributed by atoms with van der Waals surface area (Å²) < 4.78 is 1.80. The van der Waals surface area contributed by atoms with E-state index in [1.165, 1.54) is 32.4 Å². The second-order valence-electron chi connectivity index (χ2n) is 3.62. The number of allylic oxidation sites excluding steroid dienone is 4. The summed E-state index contributed by atoms with van der Waals surface area (Å²) in [4.78, 5) is 0. The van der Waals surface area contributed by atoms with Crippen molar-refractivity contribution >= 4 is 0 Å². The van der Waals surface area contributed by atoms with Crippen LogP contribution in [0.5, 0.6) is 0 Å². The van der Waals surface area contributed by atoms with Crippen LogP contribution in [0.2, 0.25) is 10.6 Å². The minimum atomic E-state index is -0.0579. The first-order chi connectivity index (χ1) is 6.47. The monoisotopic (exact) mass is 286 g/mol. The van der Waals surface area contributed by atoms with Crippen LogP contribution in [0.15, 0.2) is 22.7 Å². The first-order valence-corrected chi connectivity index (χ1v) is 7.65. The molecule has 2 saturated heterocycles. The summed E-state index contributed by atoms with van der Waals surface area (Å²) in [5, 5.41) is 6.38. The third-order valence-electron chi connectivity index (χ3n) is 2.47. The molecule has 2 aliphatic heterocycles. The molecule has 0 aromatic carbocycles. The van der Waals surface area contributed by atoms with Crippen LogP contribution >= 0.6 is 0 Å². The van der Waals surface area contributed by atoms with Gasteiger partial charge in [0, 0.05) is 0 Å². The van der Waals surface area contributed by atoms with Crippen LogP contribution in [0.25, 0.3) is 0 Å². The Kier molecular flexibility index (Phi) is 9.00. The molecule has 0 spiro atoms. The Labute approximate surface area is 110 Å². The molecule has 0 saturated carbocycles. The summed E-state index contributed by atoms with van der Waals surface area (Å²) in [6.07, 6.45) is 10.9. The number of hydrogen-bond donors (Lipinski definition) is 1. The molecule has 1 nitrogen and oxygen atoms in total. The fourth-order valence-corrected chi connectivity index (χ4v) is 4.00. The van der Waals surface area contributed by atoms with Gasteiger partial charge in [0.05, 0.1) is 0 Å². The van der Waals surface area contributed by atoms with Crippen molar-refractivity contribution in [1.82, 2.24) is 5.32 Å². The first kappa shape index (κ1) is 15.6. The summed E-state index contributed by atoms with van der Waals surface area (Å²) in [6, 6.07) is 0. The average Bonchev–Trinajstić information content (AvgIpc) is 2.75. The van der Waals surface area contributed by atoms with E-state index in [1.807, 2.05) is 0 Å². The predicted octanol–water partition coefficient (Wildman–Crippen LogP) is -3.32. The van der Waals surface area contributed by atoms with Crippen LogP contribution < -0.4 is 30.1 Å². The number of rotatable bonds is 1. The molecule has 0 aromatic heterocycles. The van der Waals surface area contributed by atoms with Crippen LogP contribution in [0.3, 0.4) is 0 Å². The zero-order valence-electron chi connectivity index (χ0n) is 8.85. The Hall–Kier alpha value is 0.552. The largest absolute Gasteiger partial charge is 1.00 e. The SMILES string of the molecule is C1=CC[C]([Cr+2]2[CH2][CH2]2)=C1.C1CCNC1.[Cl-].[Cl-]. The summed E-state index contributed by atoms with van der Waals surface area (Å²) >= 11 is -0.0579. The van der Waals surface area contributed by atoms with E-state index in [0.29, 0.717) is 0 Å². The van der Waals surface area contributed by atoms with Crippen LogP contribution in [0.1, 0.15) is 19.3 Å². The van der Waals surface area contributed by atoms with E-state index in [9.17, 15) is 0 Å². The van der Waals surface area contributed by atoms with Gasteiger partial charge in [0.2, 0.25) is 0 Å². The molecule has 0 bridgehead atoms. The van der Waals surface area contributed by atoms with E-state index in [0.717, 1.165) is 0 Å². The van der Waals surface area contributed by atoms with E-state index in [2.05, 4.69) is 23.5 Å². The molecule has 3 aliphatic rings. The van der Waals surface area contributed by atoms with Crippen LogP contribution in [0, 0.1) is 0 Å². The van der Waals surface area contributed by atoms with E-state index < -0.39 is 0 Å². The van der Waals surface area contributed by atoms with Crippen LogP contribution in [-0.4, -0.2) is 13.1 Å². The van der Waals surface area contributed by atoms with E-state index in [-0.39, 0.29) is 39.0 Å². The molecular weight excluding hydrogens is 269 g/mol. The van der Waals surface area contributed by atoms with Gasteiger partial charge in [-0.05, 0) is 25.9 Å². The van der Waals surface area contributed by atoms with Crippen molar-refractivity contribution in [3.05, 3.63) is 22.7 Å². The number of halogens is 2. The van der Waals surface area contributed by atoms with Crippen LogP contribution in [-0.2, 0) is 14.1 Å². The van der Waals surface area contributed by atoms with Gasteiger partial charge in [-0.3, -0.25) is 0 Å². The minimum absolute atomic E-state index is 0. The molecule has 1 aliphatic carbocycles. The van der Waals surface area contributed by atoms with E-state index >= 15 is 0 Å². The summed E-state index contributed by atoms with van der Waals surface area (Å²) in [7, 11) is 0. The van der Waals surface area contributed by atoms with Crippen molar-refractivity contribution in [2.75, 3.05) is 13.1 Å². The van der Waals surface area contributed by atoms with Gasteiger partial charge in [-0.2, -0.15) is 0 Å². The van der Waals surface area contributed by atoms with Gasteiger partial charge in [0.15, 0.2) is 0 Å². The van der Waals surface area contributed by atoms with Gasteiger partial charge in [-0.15, -0.1) is 0 Å². The van der Waals surface area contributed by atoms with Gasteiger partial charge in [-0.25, -0.2) is 0 Å². The molecule has 0 amide bonds. The molecule has 1 N–H and O–H groups in total. The van der Waals surface area contributed by atoms with Gasteiger partial charge in [0.25, 0.3) is 0 Å². The Balaban J connectivity index is 0.000000250. The third kappa shape index (κ3) is 6.00. The molecule has 4 heteroatoms. The molecule has 87 valence electrons. The Morgan fingerprint density at radius 1 is 1.07 bits per heavy atom. The van der Waals surface area contributed by atoms with E-state index in [1.54, 1.807) is 15.0 Å². The normalized spacial score (nSPS) is 20.8. The maximum Gasteiger partial charge on any atom is -0.00484 e. The second kappa shape index (κ2) is 8.68. The molecule has 15 heavy (non-hydrogen) atoms. The quantitative estimate of drug-likeness (QED) is 0.532. The summed E-state index contributed by atoms with van der Waals surface area (Å²) in [5.41, 5.74) is 0. The fraction of sp³-hybridized carbons (Fsp3) is 0.636. The predicted molar refractivity (Wildman–Crippen MR) is 53.6 cm³/mol. The molecule has 2 fully saturated rings. The maximum absolute atomic E-state index is 3.22. The van der Waals surface area contributed by atoms with Gasteiger partial charge < -0.3 is 30.1 Å². The Morgan fingerprint density at radius 3 is 2.07 bits per heavy atom. The fourth-order valence-electron chi connectivity index (χ4n) is 1.57. The number of nitrogens with one attached hydrogen (secondary N) is 1. The van der Waals surface area contributed by atoms with Crippen molar-refractivity contribution in [1.29, 1.82) is 0 Å². The standard InChI is InChI=1S/C5H5.C4H9N.C2H4.2ClH.Cr/c2*1-2-4-5-3-1;1-2;;;/h1-3H,4H2;5H,1-4H2;1-2H2;2*1H;/q;;;;;+2/p-2. The van der Waals surface area contributed by atoms with E-state index in [4.69, 9.17) is 0 Å². The first-order valence-electron chi connectivity index (χ1n) is 5.21. The van der Waals surface area contributed by atoms with Gasteiger partial charge in [0.1, 0.15) is 0 Å². The molecule has 3 rings (SSSR count). The molecular formula is C11H18Cl2CrN. The van der Waals surface area contributed by atoms with Gasteiger partial charge in [-0.1, -0.05) is 0 Å². The smallest absolute Gasteiger partial charge is 0.00484 e. The zero-order chi connectivity index (χ0) is 8.93. The van der Waals surface area contributed by atoms with Crippen LogP contribution in [0.4, 0.5) is 0 Å². The Bertz CT molecular complexity index is 213. The second-order valence-corrected chi connectivity index (χ2v) is 7.26. The van der Waals surface area contributed by atoms with Crippen molar-refractivity contribution < 1.29 is 39.0 Å². The number of hydrogen-bond acceptors (Lipinski definition) is 1. The molecule has 0 radical (unpaired) electrons. The Morgan fingerprint density at radius 2 is 1.73 bits per heavy atom.